The lowest BCUT2D eigenvalue weighted by atomic mass is 10.1. The summed E-state index contributed by atoms with van der Waals surface area (Å²) >= 11 is 6.21. The molecule has 4 rings (SSSR count). The largest absolute Gasteiger partial charge is 0.323 e. The van der Waals surface area contributed by atoms with Crippen LogP contribution in [-0.4, -0.2) is 44.2 Å². The Bertz CT molecular complexity index is 1160. The molecule has 170 valence electrons. The van der Waals surface area contributed by atoms with Gasteiger partial charge < -0.3 is 10.2 Å². The van der Waals surface area contributed by atoms with E-state index in [1.165, 1.54) is 15.3 Å². The van der Waals surface area contributed by atoms with Crippen LogP contribution in [0.5, 0.6) is 0 Å². The first-order chi connectivity index (χ1) is 15.3. The van der Waals surface area contributed by atoms with Crippen LogP contribution >= 0.6 is 11.6 Å². The second-order valence-electron chi connectivity index (χ2n) is 8.27. The lowest BCUT2D eigenvalue weighted by molar-refractivity contribution is -0.121. The van der Waals surface area contributed by atoms with Crippen molar-refractivity contribution in [1.29, 1.82) is 0 Å². The van der Waals surface area contributed by atoms with E-state index in [-0.39, 0.29) is 23.3 Å². The van der Waals surface area contributed by atoms with E-state index in [2.05, 4.69) is 5.32 Å². The number of fused-ring (bicyclic) bond motifs is 1. The first-order valence-electron chi connectivity index (χ1n) is 10.7. The Morgan fingerprint density at radius 2 is 1.81 bits per heavy atom. The van der Waals surface area contributed by atoms with Crippen LogP contribution in [0, 0.1) is 6.92 Å². The highest BCUT2D eigenvalue weighted by molar-refractivity contribution is 7.89. The molecule has 2 aliphatic heterocycles. The van der Waals surface area contributed by atoms with Gasteiger partial charge in [-0.1, -0.05) is 17.7 Å². The van der Waals surface area contributed by atoms with Gasteiger partial charge in [0.1, 0.15) is 6.54 Å². The molecule has 0 aromatic heterocycles. The van der Waals surface area contributed by atoms with Crippen LogP contribution in [0.25, 0.3) is 0 Å². The van der Waals surface area contributed by atoms with Gasteiger partial charge in [0.2, 0.25) is 21.8 Å². The number of halogens is 1. The minimum Gasteiger partial charge on any atom is -0.323 e. The Morgan fingerprint density at radius 3 is 2.53 bits per heavy atom. The number of sulfonamides is 1. The van der Waals surface area contributed by atoms with Gasteiger partial charge in [0.15, 0.2) is 0 Å². The molecule has 0 atom stereocenters. The number of anilines is 2. The molecule has 1 fully saturated rings. The lowest BCUT2D eigenvalue weighted by Crippen LogP contribution is -2.38. The molecule has 2 amide bonds. The zero-order valence-corrected chi connectivity index (χ0v) is 19.5. The summed E-state index contributed by atoms with van der Waals surface area (Å²) in [5.41, 5.74) is 2.80. The number of hydrogen-bond donors (Lipinski definition) is 1. The van der Waals surface area contributed by atoms with E-state index in [4.69, 9.17) is 11.6 Å². The van der Waals surface area contributed by atoms with Gasteiger partial charge in [0, 0.05) is 25.2 Å². The van der Waals surface area contributed by atoms with E-state index in [9.17, 15) is 18.0 Å². The molecule has 0 saturated carbocycles. The van der Waals surface area contributed by atoms with Crippen molar-refractivity contribution in [2.45, 2.75) is 43.9 Å². The van der Waals surface area contributed by atoms with Gasteiger partial charge in [-0.3, -0.25) is 9.59 Å². The first-order valence-corrected chi connectivity index (χ1v) is 12.6. The topological polar surface area (TPSA) is 86.8 Å². The van der Waals surface area contributed by atoms with E-state index in [1.807, 2.05) is 13.0 Å². The van der Waals surface area contributed by atoms with Gasteiger partial charge in [-0.15, -0.1) is 0 Å². The summed E-state index contributed by atoms with van der Waals surface area (Å²) in [7, 11) is -3.55. The zero-order chi connectivity index (χ0) is 22.9. The van der Waals surface area contributed by atoms with Crippen LogP contribution in [0.1, 0.15) is 36.8 Å². The van der Waals surface area contributed by atoms with Crippen molar-refractivity contribution in [2.24, 2.45) is 0 Å². The third-order valence-corrected chi connectivity index (χ3v) is 8.09. The molecule has 2 aromatic rings. The fourth-order valence-corrected chi connectivity index (χ4v) is 6.04. The smallest absolute Gasteiger partial charge is 0.244 e. The van der Waals surface area contributed by atoms with Crippen molar-refractivity contribution in [1.82, 2.24) is 4.31 Å². The summed E-state index contributed by atoms with van der Waals surface area (Å²) in [5, 5.41) is 3.19. The van der Waals surface area contributed by atoms with Gasteiger partial charge >= 0.3 is 0 Å². The Kier molecular flexibility index (Phi) is 6.55. The third-order valence-electron chi connectivity index (χ3n) is 5.88. The summed E-state index contributed by atoms with van der Waals surface area (Å²) in [4.78, 5) is 27.2. The molecule has 2 aliphatic rings. The number of rotatable bonds is 5. The molecule has 1 saturated heterocycles. The molecular weight excluding hydrogens is 450 g/mol. The average Bonchev–Trinajstić information content (AvgIpc) is 3.25. The van der Waals surface area contributed by atoms with Crippen molar-refractivity contribution < 1.29 is 18.0 Å². The van der Waals surface area contributed by atoms with Crippen LogP contribution in [0.3, 0.4) is 0 Å². The van der Waals surface area contributed by atoms with E-state index in [0.717, 1.165) is 24.0 Å². The fraction of sp³-hybridized carbons (Fsp3) is 0.391. The first kappa shape index (κ1) is 22.8. The molecule has 7 nitrogen and oxygen atoms in total. The number of carbonyl (C=O) groups is 2. The van der Waals surface area contributed by atoms with E-state index < -0.39 is 10.0 Å². The van der Waals surface area contributed by atoms with Crippen molar-refractivity contribution in [3.8, 4) is 0 Å². The van der Waals surface area contributed by atoms with Crippen LogP contribution < -0.4 is 10.2 Å². The molecule has 0 bridgehead atoms. The second kappa shape index (κ2) is 9.21. The molecule has 0 unspecified atom stereocenters. The van der Waals surface area contributed by atoms with Crippen molar-refractivity contribution in [3.63, 3.8) is 0 Å². The molecule has 0 spiro atoms. The number of carbonyl (C=O) groups excluding carboxylic acids is 2. The summed E-state index contributed by atoms with van der Waals surface area (Å²) in [5.74, 6) is -0.533. The van der Waals surface area contributed by atoms with Crippen LogP contribution in [0.2, 0.25) is 5.02 Å². The highest BCUT2D eigenvalue weighted by atomic mass is 35.5. The van der Waals surface area contributed by atoms with Gasteiger partial charge in [0.05, 0.1) is 15.6 Å². The number of aryl methyl sites for hydroxylation is 2. The molecular formula is C23H26ClN3O4S. The second-order valence-corrected chi connectivity index (χ2v) is 10.6. The molecule has 32 heavy (non-hydrogen) atoms. The van der Waals surface area contributed by atoms with Gasteiger partial charge in [-0.2, -0.15) is 4.31 Å². The maximum atomic E-state index is 13.0. The summed E-state index contributed by atoms with van der Waals surface area (Å²) in [6.07, 6.45) is 3.20. The zero-order valence-electron chi connectivity index (χ0n) is 17.9. The predicted octanol–water partition coefficient (Wildman–Crippen LogP) is 3.74. The normalized spacial score (nSPS) is 17.2. The quantitative estimate of drug-likeness (QED) is 0.713. The molecule has 0 radical (unpaired) electrons. The Morgan fingerprint density at radius 1 is 1.06 bits per heavy atom. The molecule has 2 heterocycles. The minimum absolute atomic E-state index is 0.163. The van der Waals surface area contributed by atoms with Crippen LogP contribution in [0.4, 0.5) is 11.4 Å². The van der Waals surface area contributed by atoms with E-state index in [0.29, 0.717) is 48.7 Å². The monoisotopic (exact) mass is 475 g/mol. The van der Waals surface area contributed by atoms with Crippen molar-refractivity contribution >= 4 is 44.8 Å². The molecule has 2 aromatic carbocycles. The number of benzene rings is 2. The number of nitrogens with zero attached hydrogens (tertiary/aromatic N) is 2. The van der Waals surface area contributed by atoms with Crippen molar-refractivity contribution in [2.75, 3.05) is 29.9 Å². The summed E-state index contributed by atoms with van der Waals surface area (Å²) in [6.45, 7) is 2.80. The maximum Gasteiger partial charge on any atom is 0.244 e. The van der Waals surface area contributed by atoms with Gasteiger partial charge in [-0.05, 0) is 74.1 Å². The SMILES string of the molecule is Cc1ccc(NC(=O)CN2C(=O)CCCc3cc(S(=O)(=O)N4CCCC4)ccc32)c(Cl)c1. The lowest BCUT2D eigenvalue weighted by Gasteiger charge is -2.24. The fourth-order valence-electron chi connectivity index (χ4n) is 4.19. The highest BCUT2D eigenvalue weighted by Gasteiger charge is 2.30. The van der Waals surface area contributed by atoms with Gasteiger partial charge in [-0.25, -0.2) is 8.42 Å². The Hall–Kier alpha value is -2.42. The maximum absolute atomic E-state index is 13.0. The molecule has 0 aliphatic carbocycles. The van der Waals surface area contributed by atoms with E-state index in [1.54, 1.807) is 24.3 Å². The molecule has 9 heteroatoms. The number of amides is 2. The Labute approximate surface area is 193 Å². The number of hydrogen-bond acceptors (Lipinski definition) is 4. The van der Waals surface area contributed by atoms with E-state index >= 15 is 0 Å². The van der Waals surface area contributed by atoms with Gasteiger partial charge in [0.25, 0.3) is 0 Å². The molecule has 1 N–H and O–H groups in total. The Balaban J connectivity index is 1.58. The summed E-state index contributed by atoms with van der Waals surface area (Å²) in [6, 6.07) is 10.2. The minimum atomic E-state index is -3.55. The van der Waals surface area contributed by atoms with Crippen LogP contribution in [-0.2, 0) is 26.0 Å². The predicted molar refractivity (Wildman–Crippen MR) is 125 cm³/mol. The summed E-state index contributed by atoms with van der Waals surface area (Å²) < 4.78 is 27.4. The third kappa shape index (κ3) is 4.67. The number of nitrogens with one attached hydrogen (secondary N) is 1. The average molecular weight is 476 g/mol. The van der Waals surface area contributed by atoms with Crippen molar-refractivity contribution in [3.05, 3.63) is 52.5 Å². The standard InChI is InChI=1S/C23H26ClN3O4S/c1-16-7-9-20(19(24)13-16)25-22(28)15-27-21-10-8-18(14-17(21)5-4-6-23(27)29)32(30,31)26-11-2-3-12-26/h7-10,13-14H,2-6,11-12,15H2,1H3,(H,25,28). The highest BCUT2D eigenvalue weighted by Crippen LogP contribution is 2.31. The van der Waals surface area contributed by atoms with Crippen LogP contribution in [0.15, 0.2) is 41.3 Å².